The highest BCUT2D eigenvalue weighted by atomic mass is 35.5. The monoisotopic (exact) mass is 452 g/mol. The summed E-state index contributed by atoms with van der Waals surface area (Å²) >= 11 is 7.49. The van der Waals surface area contributed by atoms with Crippen LogP contribution in [-0.2, 0) is 11.2 Å². The molecule has 0 fully saturated rings. The minimum atomic E-state index is -0.171. The van der Waals surface area contributed by atoms with Gasteiger partial charge in [0.05, 0.1) is 22.7 Å². The number of nitrogens with zero attached hydrogens (tertiary/aromatic N) is 2. The fourth-order valence-corrected chi connectivity index (χ4v) is 4.53. The molecule has 0 bridgehead atoms. The fourth-order valence-electron chi connectivity index (χ4n) is 3.25. The van der Waals surface area contributed by atoms with Crippen LogP contribution in [0, 0.1) is 6.92 Å². The highest BCUT2D eigenvalue weighted by Gasteiger charge is 2.17. The van der Waals surface area contributed by atoms with Gasteiger partial charge in [0.1, 0.15) is 4.83 Å². The molecule has 8 heteroatoms. The summed E-state index contributed by atoms with van der Waals surface area (Å²) in [6.07, 6.45) is 0.324. The molecule has 4 rings (SSSR count). The van der Waals surface area contributed by atoms with E-state index in [-0.39, 0.29) is 11.8 Å². The summed E-state index contributed by atoms with van der Waals surface area (Å²) in [6, 6.07) is 18.8. The molecule has 0 spiro atoms. The number of carbonyl (C=O) groups is 2. The molecule has 158 valence electrons. The summed E-state index contributed by atoms with van der Waals surface area (Å²) in [5, 5.41) is 11.8. The first-order valence-electron chi connectivity index (χ1n) is 9.85. The van der Waals surface area contributed by atoms with E-state index in [1.807, 2.05) is 72.3 Å². The molecular formula is C23H21ClN4O2S. The number of fused-ring (bicyclic) bond motifs is 1. The smallest absolute Gasteiger partial charge is 0.261 e. The predicted octanol–water partition coefficient (Wildman–Crippen LogP) is 4.14. The number of hydrogen-bond acceptors (Lipinski definition) is 4. The summed E-state index contributed by atoms with van der Waals surface area (Å²) in [5.41, 5.74) is 2.65. The van der Waals surface area contributed by atoms with E-state index in [1.165, 1.54) is 11.3 Å². The van der Waals surface area contributed by atoms with Crippen LogP contribution < -0.4 is 10.6 Å². The number of rotatable bonds is 7. The Morgan fingerprint density at radius 3 is 2.58 bits per heavy atom. The van der Waals surface area contributed by atoms with E-state index < -0.39 is 0 Å². The van der Waals surface area contributed by atoms with Crippen LogP contribution >= 0.6 is 22.9 Å². The lowest BCUT2D eigenvalue weighted by molar-refractivity contribution is -0.120. The molecule has 0 aliphatic rings. The van der Waals surface area contributed by atoms with Gasteiger partial charge in [-0.05, 0) is 36.8 Å². The fraction of sp³-hybridized carbons (Fsp3) is 0.174. The number of aromatic nitrogens is 2. The average Bonchev–Trinajstić information content (AvgIpc) is 3.32. The second-order valence-corrected chi connectivity index (χ2v) is 8.54. The predicted molar refractivity (Wildman–Crippen MR) is 124 cm³/mol. The van der Waals surface area contributed by atoms with Crippen LogP contribution in [0.3, 0.4) is 0 Å². The average molecular weight is 453 g/mol. The van der Waals surface area contributed by atoms with Gasteiger partial charge in [0, 0.05) is 23.5 Å². The Morgan fingerprint density at radius 2 is 1.81 bits per heavy atom. The van der Waals surface area contributed by atoms with Crippen molar-refractivity contribution in [3.05, 3.63) is 81.8 Å². The van der Waals surface area contributed by atoms with Gasteiger partial charge in [-0.25, -0.2) is 4.68 Å². The molecule has 2 N–H and O–H groups in total. The summed E-state index contributed by atoms with van der Waals surface area (Å²) in [7, 11) is 0. The van der Waals surface area contributed by atoms with Crippen molar-refractivity contribution in [2.45, 2.75) is 13.3 Å². The van der Waals surface area contributed by atoms with Gasteiger partial charge in [0.2, 0.25) is 5.91 Å². The van der Waals surface area contributed by atoms with E-state index in [0.29, 0.717) is 29.4 Å². The molecule has 4 aromatic rings. The molecule has 6 nitrogen and oxygen atoms in total. The third kappa shape index (κ3) is 4.95. The van der Waals surface area contributed by atoms with E-state index in [1.54, 1.807) is 0 Å². The van der Waals surface area contributed by atoms with Crippen molar-refractivity contribution in [3.8, 4) is 5.69 Å². The molecule has 0 atom stereocenters. The Kier molecular flexibility index (Phi) is 6.34. The van der Waals surface area contributed by atoms with Crippen LogP contribution in [0.4, 0.5) is 0 Å². The number of aryl methyl sites for hydroxylation is 1. The molecule has 2 amide bonds. The maximum atomic E-state index is 12.6. The molecule has 2 aromatic heterocycles. The van der Waals surface area contributed by atoms with Crippen molar-refractivity contribution in [2.75, 3.05) is 13.1 Å². The Hall–Kier alpha value is -3.16. The van der Waals surface area contributed by atoms with Gasteiger partial charge in [-0.3, -0.25) is 9.59 Å². The Labute approximate surface area is 188 Å². The Bertz CT molecular complexity index is 1230. The van der Waals surface area contributed by atoms with Crippen molar-refractivity contribution >= 4 is 45.0 Å². The molecule has 0 aliphatic heterocycles. The first kappa shape index (κ1) is 21.1. The number of benzene rings is 2. The number of carbonyl (C=O) groups excluding carboxylic acids is 2. The Balaban J connectivity index is 1.36. The highest BCUT2D eigenvalue weighted by Crippen LogP contribution is 2.30. The molecular weight excluding hydrogens is 432 g/mol. The molecule has 0 radical (unpaired) electrons. The minimum absolute atomic E-state index is 0.0699. The van der Waals surface area contributed by atoms with Crippen LogP contribution in [0.25, 0.3) is 15.9 Å². The van der Waals surface area contributed by atoms with E-state index >= 15 is 0 Å². The maximum Gasteiger partial charge on any atom is 0.261 e. The molecule has 2 heterocycles. The number of halogens is 1. The quantitative estimate of drug-likeness (QED) is 0.414. The number of hydrogen-bond donors (Lipinski definition) is 2. The van der Waals surface area contributed by atoms with Crippen molar-refractivity contribution in [2.24, 2.45) is 0 Å². The standard InChI is InChI=1S/C23H21ClN4O2S/c1-15-19-14-20(31-23(19)28(27-15)18-9-5-8-17(24)13-18)22(30)26-11-10-25-21(29)12-16-6-3-2-4-7-16/h2-9,13-14H,10-12H2,1H3,(H,25,29)(H,26,30). The maximum absolute atomic E-state index is 12.6. The van der Waals surface area contributed by atoms with Crippen molar-refractivity contribution in [1.82, 2.24) is 20.4 Å². The topological polar surface area (TPSA) is 76.0 Å². The van der Waals surface area contributed by atoms with Crippen LogP contribution in [-0.4, -0.2) is 34.7 Å². The first-order chi connectivity index (χ1) is 15.0. The van der Waals surface area contributed by atoms with E-state index in [4.69, 9.17) is 11.6 Å². The normalized spacial score (nSPS) is 10.9. The number of thiophene rings is 1. The molecule has 0 unspecified atom stereocenters. The van der Waals surface area contributed by atoms with E-state index in [2.05, 4.69) is 15.7 Å². The number of nitrogens with one attached hydrogen (secondary N) is 2. The van der Waals surface area contributed by atoms with Crippen molar-refractivity contribution in [1.29, 1.82) is 0 Å². The second-order valence-electron chi connectivity index (χ2n) is 7.07. The molecule has 0 saturated heterocycles. The van der Waals surface area contributed by atoms with Gasteiger partial charge in [-0.15, -0.1) is 11.3 Å². The lowest BCUT2D eigenvalue weighted by Gasteiger charge is -2.06. The van der Waals surface area contributed by atoms with E-state index in [9.17, 15) is 9.59 Å². The summed E-state index contributed by atoms with van der Waals surface area (Å²) in [5.74, 6) is -0.241. The van der Waals surface area contributed by atoms with Crippen LogP contribution in [0.15, 0.2) is 60.7 Å². The third-order valence-electron chi connectivity index (χ3n) is 4.76. The largest absolute Gasteiger partial charge is 0.354 e. The van der Waals surface area contributed by atoms with Crippen LogP contribution in [0.1, 0.15) is 20.9 Å². The molecule has 31 heavy (non-hydrogen) atoms. The molecule has 0 saturated carbocycles. The lowest BCUT2D eigenvalue weighted by atomic mass is 10.1. The summed E-state index contributed by atoms with van der Waals surface area (Å²) in [4.78, 5) is 26.1. The van der Waals surface area contributed by atoms with Crippen molar-refractivity contribution < 1.29 is 9.59 Å². The summed E-state index contributed by atoms with van der Waals surface area (Å²) in [6.45, 7) is 2.64. The number of amides is 2. The lowest BCUT2D eigenvalue weighted by Crippen LogP contribution is -2.35. The van der Waals surface area contributed by atoms with Gasteiger partial charge in [0.25, 0.3) is 5.91 Å². The molecule has 0 aliphatic carbocycles. The van der Waals surface area contributed by atoms with Gasteiger partial charge >= 0.3 is 0 Å². The SMILES string of the molecule is Cc1nn(-c2cccc(Cl)c2)c2sc(C(=O)NCCNC(=O)Cc3ccccc3)cc12. The van der Waals surface area contributed by atoms with Crippen LogP contribution in [0.5, 0.6) is 0 Å². The van der Waals surface area contributed by atoms with Crippen LogP contribution in [0.2, 0.25) is 5.02 Å². The van der Waals surface area contributed by atoms with Gasteiger partial charge in [0.15, 0.2) is 0 Å². The summed E-state index contributed by atoms with van der Waals surface area (Å²) < 4.78 is 1.81. The van der Waals surface area contributed by atoms with Gasteiger partial charge in [-0.2, -0.15) is 5.10 Å². The van der Waals surface area contributed by atoms with Gasteiger partial charge in [-0.1, -0.05) is 48.0 Å². The second kappa shape index (κ2) is 9.32. The third-order valence-corrected chi connectivity index (χ3v) is 6.11. The Morgan fingerprint density at radius 1 is 1.03 bits per heavy atom. The van der Waals surface area contributed by atoms with Gasteiger partial charge < -0.3 is 10.6 Å². The minimum Gasteiger partial charge on any atom is -0.354 e. The zero-order chi connectivity index (χ0) is 21.8. The first-order valence-corrected chi connectivity index (χ1v) is 11.0. The zero-order valence-corrected chi connectivity index (χ0v) is 18.5. The van der Waals surface area contributed by atoms with E-state index in [0.717, 1.165) is 27.2 Å². The highest BCUT2D eigenvalue weighted by molar-refractivity contribution is 7.20. The molecule has 2 aromatic carbocycles. The van der Waals surface area contributed by atoms with Crippen molar-refractivity contribution in [3.63, 3.8) is 0 Å². The zero-order valence-electron chi connectivity index (χ0n) is 16.9.